The van der Waals surface area contributed by atoms with Crippen LogP contribution in [0.3, 0.4) is 0 Å². The molecule has 0 aliphatic rings. The van der Waals surface area contributed by atoms with Crippen LogP contribution in [0.5, 0.6) is 5.75 Å². The lowest BCUT2D eigenvalue weighted by Gasteiger charge is -2.28. The van der Waals surface area contributed by atoms with Crippen molar-refractivity contribution in [1.82, 2.24) is 5.32 Å². The van der Waals surface area contributed by atoms with E-state index in [0.29, 0.717) is 23.7 Å². The van der Waals surface area contributed by atoms with E-state index in [1.807, 2.05) is 20.8 Å². The van der Waals surface area contributed by atoms with E-state index in [9.17, 15) is 9.90 Å². The van der Waals surface area contributed by atoms with Crippen molar-refractivity contribution in [2.75, 3.05) is 6.54 Å². The van der Waals surface area contributed by atoms with Crippen LogP contribution < -0.4 is 10.1 Å². The smallest absolute Gasteiger partial charge is 0.263 e. The fraction of sp³-hybridized carbons (Fsp3) is 0.588. The average molecular weight is 328 g/mol. The van der Waals surface area contributed by atoms with Gasteiger partial charge in [-0.3, -0.25) is 4.79 Å². The van der Waals surface area contributed by atoms with Gasteiger partial charge in [-0.05, 0) is 49.9 Å². The van der Waals surface area contributed by atoms with Crippen LogP contribution in [-0.4, -0.2) is 29.3 Å². The van der Waals surface area contributed by atoms with E-state index in [-0.39, 0.29) is 11.3 Å². The minimum Gasteiger partial charge on any atom is -0.478 e. The number of hydrogen-bond acceptors (Lipinski definition) is 3. The first kappa shape index (κ1) is 18.8. The van der Waals surface area contributed by atoms with Gasteiger partial charge in [0, 0.05) is 11.6 Å². The van der Waals surface area contributed by atoms with Crippen molar-refractivity contribution < 1.29 is 14.6 Å². The lowest BCUT2D eigenvalue weighted by Crippen LogP contribution is -2.47. The van der Waals surface area contributed by atoms with Crippen LogP contribution in [-0.2, 0) is 4.79 Å². The first-order valence-electron chi connectivity index (χ1n) is 7.43. The molecule has 0 saturated heterocycles. The maximum absolute atomic E-state index is 12.2. The standard InChI is InChI=1S/C17H26ClNO3/c1-16(2,3)14(20)10-11-19-15(21)17(4,5)22-13-8-6-12(18)7-9-13/h6-9,14,20H,10-11H2,1-5H3,(H,19,21). The highest BCUT2D eigenvalue weighted by Gasteiger charge is 2.30. The molecule has 1 atom stereocenters. The average Bonchev–Trinajstić information content (AvgIpc) is 2.39. The number of rotatable bonds is 6. The molecule has 1 rings (SSSR count). The summed E-state index contributed by atoms with van der Waals surface area (Å²) in [5.41, 5.74) is -1.19. The van der Waals surface area contributed by atoms with Crippen molar-refractivity contribution in [2.45, 2.75) is 52.7 Å². The lowest BCUT2D eigenvalue weighted by atomic mass is 9.87. The molecule has 1 aromatic rings. The highest BCUT2D eigenvalue weighted by molar-refractivity contribution is 6.30. The molecule has 0 aliphatic heterocycles. The Labute approximate surface area is 137 Å². The van der Waals surface area contributed by atoms with Crippen molar-refractivity contribution >= 4 is 17.5 Å². The zero-order valence-electron chi connectivity index (χ0n) is 13.9. The van der Waals surface area contributed by atoms with Gasteiger partial charge in [-0.1, -0.05) is 32.4 Å². The summed E-state index contributed by atoms with van der Waals surface area (Å²) < 4.78 is 5.71. The fourth-order valence-corrected chi connectivity index (χ4v) is 1.94. The van der Waals surface area contributed by atoms with Gasteiger partial charge in [0.05, 0.1) is 6.10 Å². The van der Waals surface area contributed by atoms with Gasteiger partial charge in [-0.25, -0.2) is 0 Å². The van der Waals surface area contributed by atoms with Gasteiger partial charge in [-0.2, -0.15) is 0 Å². The molecule has 1 amide bonds. The molecule has 124 valence electrons. The molecular weight excluding hydrogens is 302 g/mol. The topological polar surface area (TPSA) is 58.6 Å². The molecule has 0 heterocycles. The SMILES string of the molecule is CC(C)(Oc1ccc(Cl)cc1)C(=O)NCCC(O)C(C)(C)C. The van der Waals surface area contributed by atoms with Crippen LogP contribution in [0.1, 0.15) is 41.0 Å². The maximum Gasteiger partial charge on any atom is 0.263 e. The van der Waals surface area contributed by atoms with Crippen LogP contribution in [0.25, 0.3) is 0 Å². The number of carbonyl (C=O) groups is 1. The first-order chi connectivity index (χ1) is 10.0. The summed E-state index contributed by atoms with van der Waals surface area (Å²) in [6.45, 7) is 9.71. The third kappa shape index (κ3) is 5.85. The zero-order chi connectivity index (χ0) is 17.0. The summed E-state index contributed by atoms with van der Waals surface area (Å²) in [6.07, 6.45) is 0.0415. The molecule has 0 bridgehead atoms. The molecule has 1 unspecified atom stereocenters. The second-order valence-corrected chi connectivity index (χ2v) is 7.43. The second kappa shape index (κ2) is 7.34. The third-order valence-electron chi connectivity index (χ3n) is 3.44. The molecule has 0 fully saturated rings. The summed E-state index contributed by atoms with van der Waals surface area (Å²) >= 11 is 5.82. The molecule has 0 spiro atoms. The third-order valence-corrected chi connectivity index (χ3v) is 3.69. The molecule has 0 aliphatic carbocycles. The summed E-state index contributed by atoms with van der Waals surface area (Å²) in [6, 6.07) is 6.87. The van der Waals surface area contributed by atoms with Gasteiger partial charge < -0.3 is 15.2 Å². The summed E-state index contributed by atoms with van der Waals surface area (Å²) in [4.78, 5) is 12.2. The first-order valence-corrected chi connectivity index (χ1v) is 7.81. The van der Waals surface area contributed by atoms with Crippen LogP contribution in [0.4, 0.5) is 0 Å². The number of halogens is 1. The quantitative estimate of drug-likeness (QED) is 0.841. The highest BCUT2D eigenvalue weighted by Crippen LogP contribution is 2.22. The van der Waals surface area contributed by atoms with Crippen molar-refractivity contribution in [2.24, 2.45) is 5.41 Å². The van der Waals surface area contributed by atoms with Crippen LogP contribution in [0, 0.1) is 5.41 Å². The molecule has 0 aromatic heterocycles. The summed E-state index contributed by atoms with van der Waals surface area (Å²) in [5, 5.41) is 13.4. The number of aliphatic hydroxyl groups excluding tert-OH is 1. The molecule has 0 radical (unpaired) electrons. The Bertz CT molecular complexity index is 492. The summed E-state index contributed by atoms with van der Waals surface area (Å²) in [7, 11) is 0. The maximum atomic E-state index is 12.2. The highest BCUT2D eigenvalue weighted by atomic mass is 35.5. The van der Waals surface area contributed by atoms with Gasteiger partial charge in [-0.15, -0.1) is 0 Å². The van der Waals surface area contributed by atoms with Crippen LogP contribution >= 0.6 is 11.6 Å². The van der Waals surface area contributed by atoms with E-state index in [4.69, 9.17) is 16.3 Å². The Balaban J connectivity index is 2.51. The molecule has 2 N–H and O–H groups in total. The van der Waals surface area contributed by atoms with Crippen molar-refractivity contribution in [3.8, 4) is 5.75 Å². The van der Waals surface area contributed by atoms with E-state index in [2.05, 4.69) is 5.32 Å². The number of ether oxygens (including phenoxy) is 1. The minimum atomic E-state index is -0.999. The number of hydrogen-bond donors (Lipinski definition) is 2. The van der Waals surface area contributed by atoms with E-state index in [0.717, 1.165) is 0 Å². The fourth-order valence-electron chi connectivity index (χ4n) is 1.81. The Morgan fingerprint density at radius 3 is 2.27 bits per heavy atom. The Kier molecular flexibility index (Phi) is 6.27. The van der Waals surface area contributed by atoms with Crippen molar-refractivity contribution in [3.05, 3.63) is 29.3 Å². The second-order valence-electron chi connectivity index (χ2n) is 6.99. The molecular formula is C17H26ClNO3. The number of amides is 1. The van der Waals surface area contributed by atoms with Gasteiger partial charge in [0.2, 0.25) is 0 Å². The predicted molar refractivity (Wildman–Crippen MR) is 89.2 cm³/mol. The molecule has 22 heavy (non-hydrogen) atoms. The molecule has 5 heteroatoms. The largest absolute Gasteiger partial charge is 0.478 e. The van der Waals surface area contributed by atoms with Gasteiger partial charge in [0.1, 0.15) is 5.75 Å². The van der Waals surface area contributed by atoms with E-state index in [1.54, 1.807) is 38.1 Å². The number of nitrogens with one attached hydrogen (secondary N) is 1. The molecule has 1 aromatic carbocycles. The lowest BCUT2D eigenvalue weighted by molar-refractivity contribution is -0.134. The normalized spacial score (nSPS) is 13.6. The van der Waals surface area contributed by atoms with E-state index >= 15 is 0 Å². The summed E-state index contributed by atoms with van der Waals surface area (Å²) in [5.74, 6) is 0.364. The van der Waals surface area contributed by atoms with Gasteiger partial charge >= 0.3 is 0 Å². The Morgan fingerprint density at radius 2 is 1.77 bits per heavy atom. The zero-order valence-corrected chi connectivity index (χ0v) is 14.7. The monoisotopic (exact) mass is 327 g/mol. The Morgan fingerprint density at radius 1 is 1.23 bits per heavy atom. The van der Waals surface area contributed by atoms with Gasteiger partial charge in [0.25, 0.3) is 5.91 Å². The molecule has 0 saturated carbocycles. The van der Waals surface area contributed by atoms with Crippen LogP contribution in [0.15, 0.2) is 24.3 Å². The number of aliphatic hydroxyl groups is 1. The van der Waals surface area contributed by atoms with Crippen LogP contribution in [0.2, 0.25) is 5.02 Å². The van der Waals surface area contributed by atoms with E-state index < -0.39 is 11.7 Å². The van der Waals surface area contributed by atoms with Gasteiger partial charge in [0.15, 0.2) is 5.60 Å². The molecule has 4 nitrogen and oxygen atoms in total. The van der Waals surface area contributed by atoms with Crippen molar-refractivity contribution in [3.63, 3.8) is 0 Å². The van der Waals surface area contributed by atoms with E-state index in [1.165, 1.54) is 0 Å². The predicted octanol–water partition coefficient (Wildman–Crippen LogP) is 3.41. The Hall–Kier alpha value is -1.26. The number of carbonyl (C=O) groups excluding carboxylic acids is 1. The minimum absolute atomic E-state index is 0.194. The number of benzene rings is 1. The van der Waals surface area contributed by atoms with Crippen molar-refractivity contribution in [1.29, 1.82) is 0 Å².